The Morgan fingerprint density at radius 3 is 2.55 bits per heavy atom. The fourth-order valence-electron chi connectivity index (χ4n) is 4.58. The Balaban J connectivity index is 1.47. The van der Waals surface area contributed by atoms with E-state index in [1.165, 1.54) is 12.3 Å². The van der Waals surface area contributed by atoms with Crippen LogP contribution in [0.2, 0.25) is 0 Å². The highest BCUT2D eigenvalue weighted by molar-refractivity contribution is 5.98. The van der Waals surface area contributed by atoms with Crippen LogP contribution in [0.1, 0.15) is 40.2 Å². The van der Waals surface area contributed by atoms with E-state index in [1.54, 1.807) is 18.2 Å². The topological polar surface area (TPSA) is 93.5 Å². The van der Waals surface area contributed by atoms with Crippen LogP contribution in [-0.2, 0) is 16.0 Å². The average molecular weight is 524 g/mol. The number of pyridine rings is 1. The van der Waals surface area contributed by atoms with Crippen molar-refractivity contribution in [3.05, 3.63) is 71.2 Å². The quantitative estimate of drug-likeness (QED) is 0.547. The number of para-hydroxylation sites is 1. The molecule has 1 saturated heterocycles. The molecule has 3 aromatic rings. The second-order valence-electron chi connectivity index (χ2n) is 8.95. The van der Waals surface area contributed by atoms with E-state index >= 15 is 0 Å². The van der Waals surface area contributed by atoms with Crippen LogP contribution < -0.4 is 15.1 Å². The number of carbonyl (C=O) groups excluding carboxylic acids is 3. The fraction of sp³-hybridized carbons (Fsp3) is 0.259. The van der Waals surface area contributed by atoms with Crippen LogP contribution >= 0.6 is 0 Å². The average Bonchev–Trinajstić information content (AvgIpc) is 3.27. The van der Waals surface area contributed by atoms with Gasteiger partial charge < -0.3 is 15.1 Å². The van der Waals surface area contributed by atoms with Crippen LogP contribution in [0.25, 0.3) is 23.4 Å². The first-order chi connectivity index (χ1) is 18.2. The van der Waals surface area contributed by atoms with E-state index in [0.717, 1.165) is 16.0 Å². The van der Waals surface area contributed by atoms with E-state index in [-0.39, 0.29) is 35.7 Å². The summed E-state index contributed by atoms with van der Waals surface area (Å²) in [5.41, 5.74) is 3.28. The smallest absolute Gasteiger partial charge is 0.370 e. The van der Waals surface area contributed by atoms with Crippen LogP contribution in [0, 0.1) is 0 Å². The maximum atomic E-state index is 13.0. The maximum Gasteiger partial charge on any atom is 0.493 e. The Hall–Kier alpha value is -4.41. The van der Waals surface area contributed by atoms with Crippen molar-refractivity contribution in [2.75, 3.05) is 24.5 Å². The van der Waals surface area contributed by atoms with Gasteiger partial charge in [0.15, 0.2) is 0 Å². The number of hydrogen-bond donors (Lipinski definition) is 1. The molecule has 5 rings (SSSR count). The highest BCUT2D eigenvalue weighted by Crippen LogP contribution is 2.30. The molecule has 1 amide bonds. The van der Waals surface area contributed by atoms with Crippen LogP contribution in [0.4, 0.5) is 18.9 Å². The molecule has 8 nitrogen and oxygen atoms in total. The number of Topliss-reactive ketones (excluding diaryl/α,β-unsaturated/α-hetero) is 1. The highest BCUT2D eigenvalue weighted by Gasteiger charge is 2.43. The summed E-state index contributed by atoms with van der Waals surface area (Å²) in [6, 6.07) is 12.4. The van der Waals surface area contributed by atoms with Gasteiger partial charge in [-0.15, -0.1) is 0 Å². The van der Waals surface area contributed by atoms with Gasteiger partial charge >= 0.3 is 12.1 Å². The summed E-state index contributed by atoms with van der Waals surface area (Å²) in [5.74, 6) is -2.59. The van der Waals surface area contributed by atoms with Crippen molar-refractivity contribution in [1.82, 2.24) is 15.0 Å². The highest BCUT2D eigenvalue weighted by atomic mass is 19.4. The molecule has 0 atom stereocenters. The number of anilines is 1. The molecule has 1 N–H and O–H groups in total. The first kappa shape index (κ1) is 25.2. The van der Waals surface area contributed by atoms with Crippen LogP contribution in [0.15, 0.2) is 48.7 Å². The summed E-state index contributed by atoms with van der Waals surface area (Å²) in [6.07, 6.45) is 1.12. The summed E-state index contributed by atoms with van der Waals surface area (Å²) < 4.78 is 39.8. The Bertz CT molecular complexity index is 1430. The number of aromatic nitrogens is 2. The van der Waals surface area contributed by atoms with Crippen molar-refractivity contribution in [3.63, 3.8) is 0 Å². The number of amides is 1. The van der Waals surface area contributed by atoms with Crippen LogP contribution in [-0.4, -0.2) is 53.2 Å². The summed E-state index contributed by atoms with van der Waals surface area (Å²) in [6.45, 7) is 1.49. The number of alkyl halides is 3. The van der Waals surface area contributed by atoms with Gasteiger partial charge in [0.25, 0.3) is 5.91 Å². The van der Waals surface area contributed by atoms with Gasteiger partial charge in [-0.25, -0.2) is 4.79 Å². The monoisotopic (exact) mass is 524 g/mol. The number of hydrogen-bond acceptors (Lipinski definition) is 6. The summed E-state index contributed by atoms with van der Waals surface area (Å²) in [5, 5.41) is 2.64. The lowest BCUT2D eigenvalue weighted by atomic mass is 10.1. The standard InChI is InChI=1S/C27H23F3N4O4/c28-27(29,30)26(37)38-34-23-8-12-32-25(36)21(23)16-24(34)18-7-11-31-19(15-18)6-5-17-3-1-2-4-22(17)33-13-9-20(35)10-14-33/h1-7,11,15-16H,8-10,12-14H2,(H,32,36)/b6-5+. The second kappa shape index (κ2) is 10.2. The van der Waals surface area contributed by atoms with Gasteiger partial charge in [0.05, 0.1) is 22.6 Å². The fourth-order valence-corrected chi connectivity index (χ4v) is 4.58. The lowest BCUT2D eigenvalue weighted by molar-refractivity contribution is -0.199. The zero-order valence-electron chi connectivity index (χ0n) is 20.1. The molecular weight excluding hydrogens is 501 g/mol. The summed E-state index contributed by atoms with van der Waals surface area (Å²) in [7, 11) is 0. The first-order valence-corrected chi connectivity index (χ1v) is 12.0. The molecule has 2 aliphatic heterocycles. The van der Waals surface area contributed by atoms with Crippen LogP contribution in [0.3, 0.4) is 0 Å². The minimum Gasteiger partial charge on any atom is -0.370 e. The number of halogens is 3. The first-order valence-electron chi connectivity index (χ1n) is 12.0. The summed E-state index contributed by atoms with van der Waals surface area (Å²) in [4.78, 5) is 46.9. The number of nitrogens with zero attached hydrogens (tertiary/aromatic N) is 3. The van der Waals surface area contributed by atoms with Gasteiger partial charge in [0, 0.05) is 56.3 Å². The van der Waals surface area contributed by atoms with Gasteiger partial charge in [-0.3, -0.25) is 14.6 Å². The molecule has 196 valence electrons. The van der Waals surface area contributed by atoms with E-state index in [4.69, 9.17) is 4.84 Å². The molecular formula is C27H23F3N4O4. The molecule has 38 heavy (non-hydrogen) atoms. The number of ketones is 1. The number of fused-ring (bicyclic) bond motifs is 1. The minimum absolute atomic E-state index is 0.125. The molecule has 4 heterocycles. The Morgan fingerprint density at radius 1 is 1.03 bits per heavy atom. The van der Waals surface area contributed by atoms with E-state index in [0.29, 0.717) is 37.2 Å². The molecule has 0 bridgehead atoms. The molecule has 0 unspecified atom stereocenters. The normalized spacial score (nSPS) is 15.9. The molecule has 1 fully saturated rings. The van der Waals surface area contributed by atoms with Crippen molar-refractivity contribution in [2.24, 2.45) is 0 Å². The van der Waals surface area contributed by atoms with Crippen molar-refractivity contribution >= 4 is 35.5 Å². The third-order valence-corrected chi connectivity index (χ3v) is 6.46. The molecule has 1 aromatic carbocycles. The third kappa shape index (κ3) is 5.17. The number of piperidine rings is 1. The molecule has 2 aromatic heterocycles. The largest absolute Gasteiger partial charge is 0.493 e. The van der Waals surface area contributed by atoms with Crippen LogP contribution in [0.5, 0.6) is 0 Å². The van der Waals surface area contributed by atoms with E-state index in [2.05, 4.69) is 15.2 Å². The van der Waals surface area contributed by atoms with Crippen molar-refractivity contribution in [2.45, 2.75) is 25.4 Å². The predicted octanol–water partition coefficient (Wildman–Crippen LogP) is 3.69. The van der Waals surface area contributed by atoms with E-state index in [1.807, 2.05) is 30.3 Å². The molecule has 0 saturated carbocycles. The number of rotatable bonds is 5. The lowest BCUT2D eigenvalue weighted by Crippen LogP contribution is -2.37. The SMILES string of the molecule is O=C1CCN(c2ccccc2/C=C/c2cc(-c3cc4c(n3OC(=O)C(F)(F)F)CCNC4=O)ccn2)CC1. The molecule has 0 spiro atoms. The van der Waals surface area contributed by atoms with Gasteiger partial charge in [-0.2, -0.15) is 17.9 Å². The number of carbonyl (C=O) groups is 3. The minimum atomic E-state index is -5.20. The van der Waals surface area contributed by atoms with Crippen molar-refractivity contribution in [1.29, 1.82) is 0 Å². The summed E-state index contributed by atoms with van der Waals surface area (Å²) >= 11 is 0. The van der Waals surface area contributed by atoms with Gasteiger partial charge in [0.1, 0.15) is 5.78 Å². The number of benzene rings is 1. The second-order valence-corrected chi connectivity index (χ2v) is 8.95. The third-order valence-electron chi connectivity index (χ3n) is 6.46. The number of nitrogens with one attached hydrogen (secondary N) is 1. The maximum absolute atomic E-state index is 13.0. The molecule has 2 aliphatic rings. The molecule has 11 heteroatoms. The Labute approximate surface area is 215 Å². The van der Waals surface area contributed by atoms with Gasteiger partial charge in [0.2, 0.25) is 0 Å². The van der Waals surface area contributed by atoms with E-state index in [9.17, 15) is 27.6 Å². The van der Waals surface area contributed by atoms with Gasteiger partial charge in [-0.05, 0) is 35.9 Å². The predicted molar refractivity (Wildman–Crippen MR) is 133 cm³/mol. The lowest BCUT2D eigenvalue weighted by Gasteiger charge is -2.29. The van der Waals surface area contributed by atoms with Crippen molar-refractivity contribution in [3.8, 4) is 11.3 Å². The van der Waals surface area contributed by atoms with E-state index < -0.39 is 18.1 Å². The Kier molecular flexibility index (Phi) is 6.75. The molecule has 0 radical (unpaired) electrons. The Morgan fingerprint density at radius 2 is 1.79 bits per heavy atom. The van der Waals surface area contributed by atoms with Gasteiger partial charge in [-0.1, -0.05) is 24.3 Å². The zero-order chi connectivity index (χ0) is 26.9. The van der Waals surface area contributed by atoms with Crippen molar-refractivity contribution < 1.29 is 32.4 Å². The molecule has 0 aliphatic carbocycles. The zero-order valence-corrected chi connectivity index (χ0v) is 20.1.